The summed E-state index contributed by atoms with van der Waals surface area (Å²) < 4.78 is 11.2. The number of guanidine groups is 1. The molecule has 3 rings (SSSR count). The van der Waals surface area contributed by atoms with Crippen molar-refractivity contribution in [2.24, 2.45) is 16.3 Å². The zero-order valence-electron chi connectivity index (χ0n) is 16.3. The summed E-state index contributed by atoms with van der Waals surface area (Å²) in [7, 11) is 0. The number of ether oxygens (including phenoxy) is 2. The first-order valence-electron chi connectivity index (χ1n) is 9.84. The van der Waals surface area contributed by atoms with Crippen LogP contribution in [0.2, 0.25) is 10.0 Å². The molecule has 0 amide bonds. The molecule has 0 spiro atoms. The highest BCUT2D eigenvalue weighted by Gasteiger charge is 2.38. The molecule has 0 atom stereocenters. The Balaban J connectivity index is 1.49. The molecule has 0 bridgehead atoms. The van der Waals surface area contributed by atoms with Gasteiger partial charge in [0, 0.05) is 29.7 Å². The average molecular weight is 430 g/mol. The third-order valence-corrected chi connectivity index (χ3v) is 5.72. The van der Waals surface area contributed by atoms with Gasteiger partial charge < -0.3 is 24.8 Å². The van der Waals surface area contributed by atoms with E-state index in [1.54, 1.807) is 18.2 Å². The lowest BCUT2D eigenvalue weighted by molar-refractivity contribution is -0.130. The van der Waals surface area contributed by atoms with Crippen LogP contribution >= 0.6 is 23.2 Å². The van der Waals surface area contributed by atoms with Crippen molar-refractivity contribution < 1.29 is 14.6 Å². The fourth-order valence-corrected chi connectivity index (χ4v) is 3.94. The van der Waals surface area contributed by atoms with Gasteiger partial charge in [-0.25, -0.2) is 0 Å². The number of likely N-dealkylation sites (tertiary alicyclic amines) is 1. The molecule has 6 nitrogen and oxygen atoms in total. The summed E-state index contributed by atoms with van der Waals surface area (Å²) in [6.07, 6.45) is 2.07. The summed E-state index contributed by atoms with van der Waals surface area (Å²) >= 11 is 12.1. The third-order valence-electron chi connectivity index (χ3n) is 5.29. The Hall–Kier alpha value is -1.21. The van der Waals surface area contributed by atoms with Gasteiger partial charge in [-0.3, -0.25) is 4.99 Å². The summed E-state index contributed by atoms with van der Waals surface area (Å²) in [5.74, 6) is 2.12. The highest BCUT2D eigenvalue weighted by molar-refractivity contribution is 6.34. The maximum Gasteiger partial charge on any atom is 0.193 e. The first kappa shape index (κ1) is 21.5. The molecule has 2 heterocycles. The van der Waals surface area contributed by atoms with Crippen LogP contribution in [0.1, 0.15) is 19.8 Å². The van der Waals surface area contributed by atoms with Crippen LogP contribution in [0.4, 0.5) is 0 Å². The van der Waals surface area contributed by atoms with E-state index in [-0.39, 0.29) is 12.0 Å². The van der Waals surface area contributed by atoms with E-state index < -0.39 is 0 Å². The van der Waals surface area contributed by atoms with Crippen molar-refractivity contribution in [2.45, 2.75) is 19.8 Å². The minimum Gasteiger partial charge on any atom is -0.493 e. The zero-order chi connectivity index (χ0) is 20.0. The van der Waals surface area contributed by atoms with Crippen molar-refractivity contribution in [3.8, 4) is 5.75 Å². The molecule has 2 aliphatic heterocycles. The summed E-state index contributed by atoms with van der Waals surface area (Å²) in [5, 5.41) is 14.1. The van der Waals surface area contributed by atoms with Crippen LogP contribution < -0.4 is 10.1 Å². The predicted molar refractivity (Wildman–Crippen MR) is 113 cm³/mol. The molecule has 0 aromatic heterocycles. The second-order valence-corrected chi connectivity index (χ2v) is 8.54. The molecule has 1 aromatic rings. The molecular formula is C20H29Cl2N3O3. The summed E-state index contributed by atoms with van der Waals surface area (Å²) in [6.45, 7) is 7.27. The van der Waals surface area contributed by atoms with Crippen LogP contribution in [-0.2, 0) is 4.74 Å². The summed E-state index contributed by atoms with van der Waals surface area (Å²) in [5.41, 5.74) is -0.203. The summed E-state index contributed by atoms with van der Waals surface area (Å²) in [4.78, 5) is 7.06. The topological polar surface area (TPSA) is 66.3 Å². The Morgan fingerprint density at radius 1 is 1.29 bits per heavy atom. The molecule has 0 radical (unpaired) electrons. The van der Waals surface area contributed by atoms with Gasteiger partial charge in [-0.05, 0) is 43.9 Å². The third kappa shape index (κ3) is 5.66. The Morgan fingerprint density at radius 2 is 1.96 bits per heavy atom. The number of aliphatic imine (C=N–C) groups is 1. The van der Waals surface area contributed by atoms with E-state index in [2.05, 4.69) is 17.1 Å². The molecule has 8 heteroatoms. The smallest absolute Gasteiger partial charge is 0.193 e. The maximum absolute atomic E-state index is 9.60. The number of aliphatic hydroxyl groups is 1. The number of nitrogens with zero attached hydrogens (tertiary/aromatic N) is 2. The van der Waals surface area contributed by atoms with Gasteiger partial charge >= 0.3 is 0 Å². The highest BCUT2D eigenvalue weighted by atomic mass is 35.5. The lowest BCUT2D eigenvalue weighted by Crippen LogP contribution is -2.50. The lowest BCUT2D eigenvalue weighted by atomic mass is 9.87. The fraction of sp³-hybridized carbons (Fsp3) is 0.650. The zero-order valence-corrected chi connectivity index (χ0v) is 17.8. The first-order chi connectivity index (χ1) is 13.5. The van der Waals surface area contributed by atoms with Crippen molar-refractivity contribution in [3.05, 3.63) is 28.2 Å². The van der Waals surface area contributed by atoms with Crippen molar-refractivity contribution in [2.75, 3.05) is 52.6 Å². The normalized spacial score (nSPS) is 20.0. The van der Waals surface area contributed by atoms with Crippen LogP contribution in [0, 0.1) is 11.3 Å². The lowest BCUT2D eigenvalue weighted by Gasteiger charge is -2.39. The van der Waals surface area contributed by atoms with Crippen molar-refractivity contribution >= 4 is 29.2 Å². The number of benzene rings is 1. The maximum atomic E-state index is 9.60. The number of hydrogen-bond acceptors (Lipinski definition) is 4. The molecule has 2 N–H and O–H groups in total. The Kier molecular flexibility index (Phi) is 7.69. The van der Waals surface area contributed by atoms with Crippen molar-refractivity contribution in [1.29, 1.82) is 0 Å². The van der Waals surface area contributed by atoms with E-state index in [4.69, 9.17) is 37.7 Å². The fourth-order valence-electron chi connectivity index (χ4n) is 3.43. The monoisotopic (exact) mass is 429 g/mol. The van der Waals surface area contributed by atoms with E-state index in [0.717, 1.165) is 38.4 Å². The molecule has 0 saturated carbocycles. The van der Waals surface area contributed by atoms with E-state index in [1.807, 2.05) is 0 Å². The van der Waals surface area contributed by atoms with Crippen LogP contribution in [0.3, 0.4) is 0 Å². The second kappa shape index (κ2) is 10.0. The van der Waals surface area contributed by atoms with E-state index in [1.165, 1.54) is 0 Å². The Labute approximate surface area is 176 Å². The molecule has 0 aliphatic carbocycles. The van der Waals surface area contributed by atoms with Gasteiger partial charge in [-0.1, -0.05) is 23.2 Å². The molecule has 2 saturated heterocycles. The van der Waals surface area contributed by atoms with Crippen molar-refractivity contribution in [3.63, 3.8) is 0 Å². The van der Waals surface area contributed by atoms with Gasteiger partial charge in [0.1, 0.15) is 5.75 Å². The first-order valence-corrected chi connectivity index (χ1v) is 10.6. The molecule has 2 aliphatic rings. The van der Waals surface area contributed by atoms with Crippen LogP contribution in [0.15, 0.2) is 23.2 Å². The van der Waals surface area contributed by atoms with Gasteiger partial charge in [0.05, 0.1) is 38.4 Å². The van der Waals surface area contributed by atoms with Gasteiger partial charge in [0.25, 0.3) is 0 Å². The highest BCUT2D eigenvalue weighted by Crippen LogP contribution is 2.28. The van der Waals surface area contributed by atoms with Gasteiger partial charge in [-0.2, -0.15) is 0 Å². The predicted octanol–water partition coefficient (Wildman–Crippen LogP) is 3.06. The number of halogens is 2. The van der Waals surface area contributed by atoms with Crippen LogP contribution in [0.25, 0.3) is 0 Å². The van der Waals surface area contributed by atoms with E-state index in [9.17, 15) is 5.11 Å². The van der Waals surface area contributed by atoms with Crippen molar-refractivity contribution in [1.82, 2.24) is 10.2 Å². The van der Waals surface area contributed by atoms with Gasteiger partial charge in [0.2, 0.25) is 0 Å². The van der Waals surface area contributed by atoms with Crippen LogP contribution in [0.5, 0.6) is 5.75 Å². The molecule has 28 heavy (non-hydrogen) atoms. The largest absolute Gasteiger partial charge is 0.493 e. The quantitative estimate of drug-likeness (QED) is 0.514. The molecule has 1 aromatic carbocycles. The minimum absolute atomic E-state index is 0.114. The molecular weight excluding hydrogens is 401 g/mol. The number of hydrogen-bond donors (Lipinski definition) is 2. The molecule has 2 fully saturated rings. The Bertz CT molecular complexity index is 649. The second-order valence-electron chi connectivity index (χ2n) is 7.67. The van der Waals surface area contributed by atoms with Gasteiger partial charge in [0.15, 0.2) is 5.96 Å². The summed E-state index contributed by atoms with van der Waals surface area (Å²) in [6, 6.07) is 5.28. The Morgan fingerprint density at radius 3 is 2.50 bits per heavy atom. The number of nitrogens with one attached hydrogen (secondary N) is 1. The molecule has 0 unspecified atom stereocenters. The van der Waals surface area contributed by atoms with Crippen LogP contribution in [-0.4, -0.2) is 68.6 Å². The standard InChI is InChI=1S/C20H29Cl2N3O3/c1-2-23-19(24-11-20(12-26)13-27-14-20)25-5-3-15(4-6-25)10-28-18-8-16(21)7-17(22)9-18/h7-9,15,26H,2-6,10-14H2,1H3,(H,23,24). The van der Waals surface area contributed by atoms with E-state index in [0.29, 0.717) is 48.1 Å². The number of aliphatic hydroxyl groups excluding tert-OH is 1. The average Bonchev–Trinajstić information content (AvgIpc) is 2.65. The number of piperidine rings is 1. The van der Waals surface area contributed by atoms with E-state index >= 15 is 0 Å². The number of rotatable bonds is 7. The molecule has 156 valence electrons. The SMILES string of the molecule is CCNC(=NCC1(CO)COC1)N1CCC(COc2cc(Cl)cc(Cl)c2)CC1. The minimum atomic E-state index is -0.203. The van der Waals surface area contributed by atoms with Gasteiger partial charge in [-0.15, -0.1) is 0 Å².